The molecule has 0 bridgehead atoms. The average Bonchev–Trinajstić information content (AvgIpc) is 2.72. The third-order valence-electron chi connectivity index (χ3n) is 4.01. The maximum atomic E-state index is 12.5. The summed E-state index contributed by atoms with van der Waals surface area (Å²) in [5.74, 6) is -1.28. The van der Waals surface area contributed by atoms with Crippen LogP contribution in [0.25, 0.3) is 0 Å². The van der Waals surface area contributed by atoms with Crippen LogP contribution < -0.4 is 10.6 Å². The molecule has 2 aromatic carbocycles. The van der Waals surface area contributed by atoms with Crippen LogP contribution >= 0.6 is 0 Å². The van der Waals surface area contributed by atoms with Gasteiger partial charge in [-0.05, 0) is 24.6 Å². The van der Waals surface area contributed by atoms with Crippen LogP contribution in [0.15, 0.2) is 73.3 Å². The molecule has 0 aliphatic heterocycles. The molecule has 0 unspecified atom stereocenters. The van der Waals surface area contributed by atoms with Crippen molar-refractivity contribution in [1.29, 1.82) is 0 Å². The van der Waals surface area contributed by atoms with Crippen molar-refractivity contribution in [3.8, 4) is 0 Å². The number of carbonyl (C=O) groups is 3. The highest BCUT2D eigenvalue weighted by atomic mass is 16.5. The lowest BCUT2D eigenvalue weighted by Crippen LogP contribution is -2.37. The molecule has 0 heterocycles. The zero-order valence-corrected chi connectivity index (χ0v) is 15.8. The van der Waals surface area contributed by atoms with Gasteiger partial charge in [0.2, 0.25) is 0 Å². The molecule has 0 radical (unpaired) electrons. The molecule has 6 nitrogen and oxygen atoms in total. The highest BCUT2D eigenvalue weighted by molar-refractivity contribution is 5.94. The van der Waals surface area contributed by atoms with Crippen LogP contribution in [0.5, 0.6) is 0 Å². The Labute approximate surface area is 164 Å². The molecule has 0 aromatic heterocycles. The second kappa shape index (κ2) is 10.7. The fraction of sp³-hybridized carbons (Fsp3) is 0.227. The lowest BCUT2D eigenvalue weighted by molar-refractivity contribution is -0.155. The van der Waals surface area contributed by atoms with Gasteiger partial charge in [0, 0.05) is 12.1 Å². The van der Waals surface area contributed by atoms with Crippen LogP contribution in [0.3, 0.4) is 0 Å². The summed E-state index contributed by atoms with van der Waals surface area (Å²) in [4.78, 5) is 36.7. The van der Waals surface area contributed by atoms with E-state index in [2.05, 4.69) is 17.2 Å². The van der Waals surface area contributed by atoms with Gasteiger partial charge < -0.3 is 15.4 Å². The number of ether oxygens (including phenoxy) is 1. The van der Waals surface area contributed by atoms with Gasteiger partial charge in [-0.15, -0.1) is 6.58 Å². The van der Waals surface area contributed by atoms with Crippen LogP contribution in [-0.2, 0) is 14.3 Å². The van der Waals surface area contributed by atoms with Gasteiger partial charge >= 0.3 is 5.97 Å². The standard InChI is InChI=1S/C22H24N2O4/c1-3-14-23-21(26)16(2)28-20(25)15-19(17-10-6-4-7-11-17)24-22(27)18-12-8-5-9-13-18/h3-13,16,19H,1,14-15H2,2H3,(H,23,26)(H,24,27)/t16-,19-/m0/s1. The summed E-state index contributed by atoms with van der Waals surface area (Å²) in [6.45, 7) is 5.30. The van der Waals surface area contributed by atoms with Crippen molar-refractivity contribution in [3.63, 3.8) is 0 Å². The van der Waals surface area contributed by atoms with E-state index in [4.69, 9.17) is 4.74 Å². The third kappa shape index (κ3) is 6.39. The Balaban J connectivity index is 2.05. The molecule has 28 heavy (non-hydrogen) atoms. The first-order valence-corrected chi connectivity index (χ1v) is 9.00. The Morgan fingerprint density at radius 2 is 1.64 bits per heavy atom. The molecule has 2 N–H and O–H groups in total. The SMILES string of the molecule is C=CCNC(=O)[C@H](C)OC(=O)C[C@H](NC(=O)c1ccccc1)c1ccccc1. The van der Waals surface area contributed by atoms with E-state index in [-0.39, 0.29) is 12.3 Å². The molecule has 146 valence electrons. The number of carbonyl (C=O) groups excluding carboxylic acids is 3. The van der Waals surface area contributed by atoms with Gasteiger partial charge in [0.05, 0.1) is 12.5 Å². The van der Waals surface area contributed by atoms with Crippen molar-refractivity contribution < 1.29 is 19.1 Å². The number of nitrogens with one attached hydrogen (secondary N) is 2. The van der Waals surface area contributed by atoms with Gasteiger partial charge in [-0.3, -0.25) is 14.4 Å². The summed E-state index contributed by atoms with van der Waals surface area (Å²) in [7, 11) is 0. The molecule has 2 atom stereocenters. The van der Waals surface area contributed by atoms with Crippen LogP contribution in [0.2, 0.25) is 0 Å². The summed E-state index contributed by atoms with van der Waals surface area (Å²) in [5, 5.41) is 5.44. The van der Waals surface area contributed by atoms with E-state index in [0.29, 0.717) is 12.1 Å². The first kappa shape index (κ1) is 20.9. The first-order chi connectivity index (χ1) is 13.5. The van der Waals surface area contributed by atoms with Crippen LogP contribution in [0.4, 0.5) is 0 Å². The molecule has 2 amide bonds. The number of amides is 2. The zero-order valence-electron chi connectivity index (χ0n) is 15.8. The minimum absolute atomic E-state index is 0.0956. The summed E-state index contributed by atoms with van der Waals surface area (Å²) in [5.41, 5.74) is 1.27. The molecule has 0 spiro atoms. The number of rotatable bonds is 9. The third-order valence-corrected chi connectivity index (χ3v) is 4.01. The van der Waals surface area contributed by atoms with Gasteiger partial charge in [0.15, 0.2) is 6.10 Å². The Morgan fingerprint density at radius 1 is 1.04 bits per heavy atom. The molecule has 2 aromatic rings. The predicted octanol–water partition coefficient (Wildman–Crippen LogP) is 2.78. The summed E-state index contributed by atoms with van der Waals surface area (Å²) in [6, 6.07) is 17.3. The molecule has 0 aliphatic carbocycles. The van der Waals surface area contributed by atoms with E-state index in [1.807, 2.05) is 36.4 Å². The van der Waals surface area contributed by atoms with E-state index in [0.717, 1.165) is 5.56 Å². The summed E-state index contributed by atoms with van der Waals surface area (Å²) in [6.07, 6.45) is 0.507. The molecular formula is C22H24N2O4. The van der Waals surface area contributed by atoms with Crippen molar-refractivity contribution in [2.75, 3.05) is 6.54 Å². The largest absolute Gasteiger partial charge is 0.452 e. The van der Waals surface area contributed by atoms with Gasteiger partial charge in [0.25, 0.3) is 11.8 Å². The maximum absolute atomic E-state index is 12.5. The van der Waals surface area contributed by atoms with Crippen LogP contribution in [-0.4, -0.2) is 30.4 Å². The molecule has 0 saturated carbocycles. The minimum Gasteiger partial charge on any atom is -0.452 e. The maximum Gasteiger partial charge on any atom is 0.309 e. The molecule has 2 rings (SSSR count). The predicted molar refractivity (Wildman–Crippen MR) is 106 cm³/mol. The summed E-state index contributed by atoms with van der Waals surface area (Å²) >= 11 is 0. The van der Waals surface area contributed by atoms with Gasteiger partial charge in [-0.2, -0.15) is 0 Å². The average molecular weight is 380 g/mol. The molecular weight excluding hydrogens is 356 g/mol. The van der Waals surface area contributed by atoms with E-state index < -0.39 is 24.0 Å². The number of benzene rings is 2. The topological polar surface area (TPSA) is 84.5 Å². The van der Waals surface area contributed by atoms with Gasteiger partial charge in [0.1, 0.15) is 0 Å². The van der Waals surface area contributed by atoms with Crippen molar-refractivity contribution >= 4 is 17.8 Å². The van der Waals surface area contributed by atoms with Gasteiger partial charge in [-0.1, -0.05) is 54.6 Å². The van der Waals surface area contributed by atoms with Crippen LogP contribution in [0.1, 0.15) is 35.3 Å². The smallest absolute Gasteiger partial charge is 0.309 e. The molecule has 0 fully saturated rings. The molecule has 0 saturated heterocycles. The molecule has 0 aliphatic rings. The summed E-state index contributed by atoms with van der Waals surface area (Å²) < 4.78 is 5.21. The van der Waals surface area contributed by atoms with Crippen molar-refractivity contribution in [2.24, 2.45) is 0 Å². The van der Waals surface area contributed by atoms with Crippen LogP contribution in [0, 0.1) is 0 Å². The van der Waals surface area contributed by atoms with Gasteiger partial charge in [-0.25, -0.2) is 0 Å². The number of esters is 1. The Bertz CT molecular complexity index is 806. The first-order valence-electron chi connectivity index (χ1n) is 9.00. The van der Waals surface area contributed by atoms with E-state index in [9.17, 15) is 14.4 Å². The van der Waals surface area contributed by atoms with Crippen molar-refractivity contribution in [2.45, 2.75) is 25.5 Å². The van der Waals surface area contributed by atoms with Crippen molar-refractivity contribution in [3.05, 3.63) is 84.4 Å². The normalized spacial score (nSPS) is 12.3. The monoisotopic (exact) mass is 380 g/mol. The Kier molecular flexibility index (Phi) is 7.96. The highest BCUT2D eigenvalue weighted by Gasteiger charge is 2.23. The quantitative estimate of drug-likeness (QED) is 0.518. The Morgan fingerprint density at radius 3 is 2.25 bits per heavy atom. The minimum atomic E-state index is -0.936. The number of hydrogen-bond acceptors (Lipinski definition) is 4. The fourth-order valence-electron chi connectivity index (χ4n) is 2.55. The second-order valence-electron chi connectivity index (χ2n) is 6.17. The second-order valence-corrected chi connectivity index (χ2v) is 6.17. The van der Waals surface area contributed by atoms with E-state index in [1.54, 1.807) is 24.3 Å². The zero-order chi connectivity index (χ0) is 20.4. The van der Waals surface area contributed by atoms with Crippen molar-refractivity contribution in [1.82, 2.24) is 10.6 Å². The molecule has 6 heteroatoms. The van der Waals surface area contributed by atoms with E-state index >= 15 is 0 Å². The fourth-order valence-corrected chi connectivity index (χ4v) is 2.55. The number of hydrogen-bond donors (Lipinski definition) is 2. The lowest BCUT2D eigenvalue weighted by atomic mass is 10.0. The van der Waals surface area contributed by atoms with E-state index in [1.165, 1.54) is 13.0 Å². The highest BCUT2D eigenvalue weighted by Crippen LogP contribution is 2.18. The lowest BCUT2D eigenvalue weighted by Gasteiger charge is -2.20. The Hall–Kier alpha value is -3.41.